The van der Waals surface area contributed by atoms with Gasteiger partial charge in [0.15, 0.2) is 11.5 Å². The van der Waals surface area contributed by atoms with Gasteiger partial charge in [0.05, 0.1) is 39.5 Å². The summed E-state index contributed by atoms with van der Waals surface area (Å²) in [7, 11) is 4.66. The molecule has 0 aromatic heterocycles. The molecule has 2 aliphatic rings. The van der Waals surface area contributed by atoms with Gasteiger partial charge < -0.3 is 35.3 Å². The van der Waals surface area contributed by atoms with E-state index in [9.17, 15) is 24.3 Å². The molecular formula is C34H45N3O8. The number of hydrogen-bond donors (Lipinski definition) is 4. The Kier molecular flexibility index (Phi) is 11.3. The van der Waals surface area contributed by atoms with Crippen LogP contribution in [-0.4, -0.2) is 57.3 Å². The van der Waals surface area contributed by atoms with E-state index >= 15 is 0 Å². The first kappa shape index (κ1) is 33.6. The minimum atomic E-state index is -0.832. The Balaban J connectivity index is 1.53. The average Bonchev–Trinajstić information content (AvgIpc) is 3.25. The number of nitrogens with one attached hydrogen (secondary N) is 3. The minimum absolute atomic E-state index is 0.0651. The second-order valence-corrected chi connectivity index (χ2v) is 12.0. The molecule has 2 aromatic rings. The predicted molar refractivity (Wildman–Crippen MR) is 171 cm³/mol. The van der Waals surface area contributed by atoms with Gasteiger partial charge in [-0.3, -0.25) is 19.2 Å². The lowest BCUT2D eigenvalue weighted by Gasteiger charge is -2.36. The van der Waals surface area contributed by atoms with E-state index < -0.39 is 12.0 Å². The van der Waals surface area contributed by atoms with Crippen LogP contribution < -0.4 is 35.6 Å². The number of aryl methyl sites for hydroxylation is 1. The van der Waals surface area contributed by atoms with E-state index in [0.717, 1.165) is 48.8 Å². The van der Waals surface area contributed by atoms with Gasteiger partial charge >= 0.3 is 5.97 Å². The van der Waals surface area contributed by atoms with Gasteiger partial charge in [0.2, 0.25) is 23.0 Å². The van der Waals surface area contributed by atoms with Gasteiger partial charge in [-0.25, -0.2) is 0 Å². The summed E-state index contributed by atoms with van der Waals surface area (Å²) in [6, 6.07) is 6.63. The third-order valence-electron chi connectivity index (χ3n) is 8.91. The van der Waals surface area contributed by atoms with Gasteiger partial charge in [0.25, 0.3) is 0 Å². The van der Waals surface area contributed by atoms with Crippen LogP contribution >= 0.6 is 0 Å². The van der Waals surface area contributed by atoms with Gasteiger partial charge in [0.1, 0.15) is 0 Å². The molecule has 2 aromatic carbocycles. The topological polar surface area (TPSA) is 152 Å². The smallest absolute Gasteiger partial charge is 0.303 e. The first-order valence-corrected chi connectivity index (χ1v) is 15.6. The predicted octanol–water partition coefficient (Wildman–Crippen LogP) is 4.60. The highest BCUT2D eigenvalue weighted by Gasteiger charge is 2.35. The number of anilines is 1. The number of hydrogen-bond acceptors (Lipinski definition) is 8. The van der Waals surface area contributed by atoms with E-state index in [1.165, 1.54) is 14.0 Å². The summed E-state index contributed by atoms with van der Waals surface area (Å²) in [5.41, 5.74) is 2.87. The van der Waals surface area contributed by atoms with Crippen LogP contribution in [0, 0.1) is 5.41 Å². The normalized spacial score (nSPS) is 16.7. The highest BCUT2D eigenvalue weighted by molar-refractivity contribution is 5.84. The second kappa shape index (κ2) is 15.1. The number of methoxy groups -OCH3 is 3. The summed E-state index contributed by atoms with van der Waals surface area (Å²) < 4.78 is 17.1. The Bertz CT molecular complexity index is 1470. The maximum atomic E-state index is 13.5. The number of amides is 2. The fourth-order valence-corrected chi connectivity index (χ4v) is 6.74. The minimum Gasteiger partial charge on any atom is -0.493 e. The summed E-state index contributed by atoms with van der Waals surface area (Å²) in [4.78, 5) is 49.7. The Morgan fingerprint density at radius 1 is 1.00 bits per heavy atom. The van der Waals surface area contributed by atoms with E-state index in [0.29, 0.717) is 60.9 Å². The quantitative estimate of drug-likeness (QED) is 0.235. The van der Waals surface area contributed by atoms with E-state index in [2.05, 4.69) is 16.0 Å². The van der Waals surface area contributed by atoms with E-state index in [1.54, 1.807) is 26.4 Å². The van der Waals surface area contributed by atoms with Crippen LogP contribution in [0.5, 0.6) is 17.2 Å². The molecule has 0 bridgehead atoms. The molecule has 45 heavy (non-hydrogen) atoms. The Labute approximate surface area is 264 Å². The average molecular weight is 624 g/mol. The van der Waals surface area contributed by atoms with Crippen molar-refractivity contribution in [1.29, 1.82) is 0 Å². The van der Waals surface area contributed by atoms with Crippen molar-refractivity contribution in [2.45, 2.75) is 77.2 Å². The molecule has 0 radical (unpaired) electrons. The third-order valence-corrected chi connectivity index (χ3v) is 8.91. The molecule has 1 saturated carbocycles. The van der Waals surface area contributed by atoms with Crippen molar-refractivity contribution in [3.05, 3.63) is 45.6 Å². The number of carboxylic acids is 1. The Morgan fingerprint density at radius 2 is 1.73 bits per heavy atom. The van der Waals surface area contributed by atoms with Gasteiger partial charge in [-0.15, -0.1) is 0 Å². The van der Waals surface area contributed by atoms with E-state index in [1.807, 2.05) is 12.1 Å². The zero-order chi connectivity index (χ0) is 32.6. The number of aliphatic carboxylic acids is 1. The maximum absolute atomic E-state index is 13.5. The SMILES string of the molecule is COc1cc2c(c(OC)c1OC)-c1ccc(NCCCC(=O)NCC3(CC(=O)O)CCCCC3)c(=O)cc1C(NC(C)=O)CC2. The monoisotopic (exact) mass is 623 g/mol. The zero-order valence-electron chi connectivity index (χ0n) is 26.7. The van der Waals surface area contributed by atoms with Crippen molar-refractivity contribution in [3.8, 4) is 28.4 Å². The van der Waals surface area contributed by atoms with Crippen molar-refractivity contribution in [3.63, 3.8) is 0 Å². The molecule has 1 fully saturated rings. The van der Waals surface area contributed by atoms with E-state index in [-0.39, 0.29) is 35.5 Å². The molecule has 2 aliphatic carbocycles. The van der Waals surface area contributed by atoms with Crippen LogP contribution in [-0.2, 0) is 20.8 Å². The summed E-state index contributed by atoms with van der Waals surface area (Å²) in [5.74, 6) is 0.276. The number of carboxylic acid groups (broad SMARTS) is 1. The summed E-state index contributed by atoms with van der Waals surface area (Å²) in [6.45, 7) is 2.21. The number of fused-ring (bicyclic) bond motifs is 3. The number of rotatable bonds is 13. The van der Waals surface area contributed by atoms with Crippen molar-refractivity contribution >= 4 is 23.5 Å². The molecule has 2 amide bonds. The number of carbonyl (C=O) groups is 3. The first-order chi connectivity index (χ1) is 21.6. The Morgan fingerprint density at radius 3 is 2.38 bits per heavy atom. The summed E-state index contributed by atoms with van der Waals surface area (Å²) in [6.07, 6.45) is 6.64. The molecule has 1 atom stereocenters. The zero-order valence-corrected chi connectivity index (χ0v) is 26.7. The molecule has 4 rings (SSSR count). The molecule has 1 unspecified atom stereocenters. The van der Waals surface area contributed by atoms with Gasteiger partial charge in [-0.1, -0.05) is 25.3 Å². The molecular weight excluding hydrogens is 578 g/mol. The number of benzene rings is 1. The van der Waals surface area contributed by atoms with Crippen LogP contribution in [0.1, 0.15) is 81.9 Å². The maximum Gasteiger partial charge on any atom is 0.303 e. The highest BCUT2D eigenvalue weighted by atomic mass is 16.5. The van der Waals surface area contributed by atoms with Crippen LogP contribution in [0.3, 0.4) is 0 Å². The van der Waals surface area contributed by atoms with E-state index in [4.69, 9.17) is 14.2 Å². The van der Waals surface area contributed by atoms with Crippen molar-refractivity contribution in [1.82, 2.24) is 10.6 Å². The standard InChI is InChI=1S/C34H45N3O8/c1-21(38)37-25-12-10-22-17-28(43-2)32(44-3)33(45-4)31(22)23-11-13-26(27(39)18-24(23)25)35-16-8-9-29(40)36-20-34(19-30(41)42)14-6-5-7-15-34/h11,13,17-18,25H,5-10,12,14-16,19-20H2,1-4H3,(H,35,39)(H,36,40)(H,37,38)(H,41,42). The molecule has 11 nitrogen and oxygen atoms in total. The highest BCUT2D eigenvalue weighted by Crippen LogP contribution is 2.50. The Hall–Kier alpha value is -4.28. The lowest BCUT2D eigenvalue weighted by molar-refractivity contribution is -0.140. The van der Waals surface area contributed by atoms with Crippen LogP contribution in [0.25, 0.3) is 11.1 Å². The lowest BCUT2D eigenvalue weighted by atomic mass is 9.71. The lowest BCUT2D eigenvalue weighted by Crippen LogP contribution is -2.40. The van der Waals surface area contributed by atoms with Gasteiger partial charge in [-0.05, 0) is 72.4 Å². The van der Waals surface area contributed by atoms with Crippen molar-refractivity contribution < 1.29 is 33.7 Å². The third kappa shape index (κ3) is 8.06. The molecule has 4 N–H and O–H groups in total. The summed E-state index contributed by atoms with van der Waals surface area (Å²) in [5, 5.41) is 18.5. The molecule has 0 saturated heterocycles. The largest absolute Gasteiger partial charge is 0.493 e. The fraction of sp³-hybridized carbons (Fsp3) is 0.529. The van der Waals surface area contributed by atoms with Crippen LogP contribution in [0.15, 0.2) is 29.1 Å². The van der Waals surface area contributed by atoms with Gasteiger partial charge in [-0.2, -0.15) is 0 Å². The molecule has 244 valence electrons. The van der Waals surface area contributed by atoms with Crippen LogP contribution in [0.2, 0.25) is 0 Å². The molecule has 0 heterocycles. The fourth-order valence-electron chi connectivity index (χ4n) is 6.74. The van der Waals surface area contributed by atoms with Crippen molar-refractivity contribution in [2.75, 3.05) is 39.7 Å². The van der Waals surface area contributed by atoms with Gasteiger partial charge in [0, 0.05) is 32.0 Å². The molecule has 0 spiro atoms. The molecule has 11 heteroatoms. The number of carbonyl (C=O) groups excluding carboxylic acids is 2. The first-order valence-electron chi connectivity index (χ1n) is 15.6. The molecule has 0 aliphatic heterocycles. The summed E-state index contributed by atoms with van der Waals surface area (Å²) >= 11 is 0. The second-order valence-electron chi connectivity index (χ2n) is 12.0. The number of ether oxygens (including phenoxy) is 3. The van der Waals surface area contributed by atoms with Crippen LogP contribution in [0.4, 0.5) is 5.69 Å². The van der Waals surface area contributed by atoms with Crippen molar-refractivity contribution in [2.24, 2.45) is 5.41 Å².